The molecule has 0 aliphatic heterocycles. The van der Waals surface area contributed by atoms with E-state index in [9.17, 15) is 4.79 Å². The van der Waals surface area contributed by atoms with E-state index in [-0.39, 0.29) is 11.1 Å². The van der Waals surface area contributed by atoms with Crippen molar-refractivity contribution in [3.8, 4) is 11.5 Å². The molecule has 0 radical (unpaired) electrons. The van der Waals surface area contributed by atoms with Crippen LogP contribution in [0.25, 0.3) is 11.0 Å². The first-order valence-corrected chi connectivity index (χ1v) is 10.6. The van der Waals surface area contributed by atoms with Crippen LogP contribution in [-0.4, -0.2) is 27.6 Å². The van der Waals surface area contributed by atoms with Crippen LogP contribution in [0.15, 0.2) is 60.8 Å². The Kier molecular flexibility index (Phi) is 6.02. The molecule has 2 aromatic heterocycles. The summed E-state index contributed by atoms with van der Waals surface area (Å²) in [7, 11) is 3.33. The van der Waals surface area contributed by atoms with Gasteiger partial charge in [-0.15, -0.1) is 0 Å². The molecule has 170 valence electrons. The van der Waals surface area contributed by atoms with Gasteiger partial charge < -0.3 is 14.6 Å². The Hall–Kier alpha value is -3.91. The maximum absolute atomic E-state index is 11.9. The first kappa shape index (κ1) is 22.3. The first-order valence-electron chi connectivity index (χ1n) is 10.6. The number of fused-ring (bicyclic) bond motifs is 1. The largest absolute Gasteiger partial charge is 0.457 e. The Bertz CT molecular complexity index is 1290. The van der Waals surface area contributed by atoms with Crippen LogP contribution in [0.4, 0.5) is 11.6 Å². The van der Waals surface area contributed by atoms with Crippen LogP contribution in [0.3, 0.4) is 0 Å². The summed E-state index contributed by atoms with van der Waals surface area (Å²) < 4.78 is 7.93. The van der Waals surface area contributed by atoms with Crippen molar-refractivity contribution < 1.29 is 14.4 Å². The van der Waals surface area contributed by atoms with Gasteiger partial charge in [-0.05, 0) is 41.3 Å². The standard InChI is InChI=1S/C25H27N5O3/c1-25(2,3)16-6-8-17(9-7-16)27-24-28-20-14-18(10-11-22(20)30(24)4)33-19-12-13-26-21(15-19)23(31)29-32-5/h6-15H,1-5H3,(H,27,28)(H,29,31). The van der Waals surface area contributed by atoms with Crippen molar-refractivity contribution >= 4 is 28.6 Å². The van der Waals surface area contributed by atoms with Gasteiger partial charge in [-0.3, -0.25) is 14.6 Å². The van der Waals surface area contributed by atoms with Crippen LogP contribution >= 0.6 is 0 Å². The number of nitrogens with one attached hydrogen (secondary N) is 2. The summed E-state index contributed by atoms with van der Waals surface area (Å²) in [6, 6.07) is 17.3. The molecule has 0 spiro atoms. The Labute approximate surface area is 192 Å². The maximum Gasteiger partial charge on any atom is 0.293 e. The maximum atomic E-state index is 11.9. The van der Waals surface area contributed by atoms with Crippen molar-refractivity contribution in [3.63, 3.8) is 0 Å². The van der Waals surface area contributed by atoms with Gasteiger partial charge in [-0.25, -0.2) is 10.5 Å². The number of anilines is 2. The Balaban J connectivity index is 1.55. The second kappa shape index (κ2) is 8.91. The number of ether oxygens (including phenoxy) is 1. The van der Waals surface area contributed by atoms with E-state index in [2.05, 4.69) is 65.7 Å². The number of hydrogen-bond donors (Lipinski definition) is 2. The highest BCUT2D eigenvalue weighted by molar-refractivity contribution is 5.91. The lowest BCUT2D eigenvalue weighted by Gasteiger charge is -2.19. The van der Waals surface area contributed by atoms with Gasteiger partial charge in [0.2, 0.25) is 5.95 Å². The molecular weight excluding hydrogens is 418 g/mol. The number of hydroxylamine groups is 1. The molecule has 0 unspecified atom stereocenters. The van der Waals surface area contributed by atoms with Crippen LogP contribution in [0.2, 0.25) is 0 Å². The van der Waals surface area contributed by atoms with Crippen molar-refractivity contribution in [1.82, 2.24) is 20.0 Å². The molecule has 2 heterocycles. The number of aromatic nitrogens is 3. The van der Waals surface area contributed by atoms with E-state index < -0.39 is 5.91 Å². The van der Waals surface area contributed by atoms with E-state index in [1.54, 1.807) is 12.1 Å². The van der Waals surface area contributed by atoms with Gasteiger partial charge in [-0.1, -0.05) is 32.9 Å². The van der Waals surface area contributed by atoms with Crippen LogP contribution in [0.5, 0.6) is 11.5 Å². The fourth-order valence-electron chi connectivity index (χ4n) is 3.42. The number of benzene rings is 2. The second-order valence-corrected chi connectivity index (χ2v) is 8.71. The quantitative estimate of drug-likeness (QED) is 0.402. The van der Waals surface area contributed by atoms with E-state index in [0.717, 1.165) is 22.7 Å². The van der Waals surface area contributed by atoms with Gasteiger partial charge >= 0.3 is 0 Å². The van der Waals surface area contributed by atoms with Crippen LogP contribution in [0, 0.1) is 0 Å². The predicted molar refractivity (Wildman–Crippen MR) is 128 cm³/mol. The molecule has 0 fully saturated rings. The zero-order chi connectivity index (χ0) is 23.6. The normalized spacial score (nSPS) is 11.4. The molecule has 0 saturated heterocycles. The third-order valence-electron chi connectivity index (χ3n) is 5.25. The lowest BCUT2D eigenvalue weighted by atomic mass is 9.87. The number of pyridine rings is 1. The molecule has 33 heavy (non-hydrogen) atoms. The van der Waals surface area contributed by atoms with Gasteiger partial charge in [0.05, 0.1) is 18.1 Å². The fraction of sp³-hybridized carbons (Fsp3) is 0.240. The average Bonchev–Trinajstić information content (AvgIpc) is 3.08. The van der Waals surface area contributed by atoms with E-state index in [0.29, 0.717) is 11.5 Å². The van der Waals surface area contributed by atoms with Crippen molar-refractivity contribution in [2.45, 2.75) is 26.2 Å². The van der Waals surface area contributed by atoms with Crippen LogP contribution in [-0.2, 0) is 17.3 Å². The van der Waals surface area contributed by atoms with E-state index in [1.807, 2.05) is 29.8 Å². The zero-order valence-electron chi connectivity index (χ0n) is 19.3. The highest BCUT2D eigenvalue weighted by Gasteiger charge is 2.14. The number of aryl methyl sites for hydroxylation is 1. The second-order valence-electron chi connectivity index (χ2n) is 8.71. The fourth-order valence-corrected chi connectivity index (χ4v) is 3.42. The number of amides is 1. The first-order chi connectivity index (χ1) is 15.7. The summed E-state index contributed by atoms with van der Waals surface area (Å²) in [5.41, 5.74) is 6.54. The minimum atomic E-state index is -0.450. The van der Waals surface area contributed by atoms with Crippen molar-refractivity contribution in [3.05, 3.63) is 72.1 Å². The Morgan fingerprint density at radius 1 is 1.00 bits per heavy atom. The topological polar surface area (TPSA) is 90.3 Å². The molecule has 0 aliphatic carbocycles. The molecule has 4 aromatic rings. The van der Waals surface area contributed by atoms with E-state index >= 15 is 0 Å². The Morgan fingerprint density at radius 3 is 2.42 bits per heavy atom. The minimum absolute atomic E-state index is 0.107. The van der Waals surface area contributed by atoms with Crippen molar-refractivity contribution in [1.29, 1.82) is 0 Å². The summed E-state index contributed by atoms with van der Waals surface area (Å²) in [4.78, 5) is 25.3. The summed E-state index contributed by atoms with van der Waals surface area (Å²) in [5.74, 6) is 1.37. The third kappa shape index (κ3) is 4.96. The molecule has 2 N–H and O–H groups in total. The number of hydrogen-bond acceptors (Lipinski definition) is 6. The summed E-state index contributed by atoms with van der Waals surface area (Å²) in [6.45, 7) is 6.59. The SMILES string of the molecule is CONC(=O)c1cc(Oc2ccc3c(c2)nc(Nc2ccc(C(C)(C)C)cc2)n3C)ccn1. The third-order valence-corrected chi connectivity index (χ3v) is 5.25. The monoisotopic (exact) mass is 445 g/mol. The Morgan fingerprint density at radius 2 is 1.73 bits per heavy atom. The smallest absolute Gasteiger partial charge is 0.293 e. The molecule has 4 rings (SSSR count). The number of carbonyl (C=O) groups excluding carboxylic acids is 1. The summed E-state index contributed by atoms with van der Waals surface area (Å²) in [6.07, 6.45) is 1.51. The summed E-state index contributed by atoms with van der Waals surface area (Å²) >= 11 is 0. The van der Waals surface area contributed by atoms with Crippen LogP contribution in [0.1, 0.15) is 36.8 Å². The van der Waals surface area contributed by atoms with Gasteiger partial charge in [0.1, 0.15) is 17.2 Å². The number of imidazole rings is 1. The van der Waals surface area contributed by atoms with Crippen LogP contribution < -0.4 is 15.5 Å². The van der Waals surface area contributed by atoms with Crippen molar-refractivity contribution in [2.24, 2.45) is 7.05 Å². The molecule has 8 heteroatoms. The molecule has 0 saturated carbocycles. The number of rotatable bonds is 6. The number of carbonyl (C=O) groups is 1. The molecule has 2 aromatic carbocycles. The van der Waals surface area contributed by atoms with Gasteiger partial charge in [-0.2, -0.15) is 0 Å². The summed E-state index contributed by atoms with van der Waals surface area (Å²) in [5, 5.41) is 3.39. The van der Waals surface area contributed by atoms with Crippen molar-refractivity contribution in [2.75, 3.05) is 12.4 Å². The minimum Gasteiger partial charge on any atom is -0.457 e. The molecular formula is C25H27N5O3. The predicted octanol–water partition coefficient (Wildman–Crippen LogP) is 5.09. The highest BCUT2D eigenvalue weighted by atomic mass is 16.6. The number of nitrogens with zero attached hydrogens (tertiary/aromatic N) is 3. The zero-order valence-corrected chi connectivity index (χ0v) is 19.3. The van der Waals surface area contributed by atoms with E-state index in [1.165, 1.54) is 18.9 Å². The molecule has 0 bridgehead atoms. The van der Waals surface area contributed by atoms with Gasteiger partial charge in [0.15, 0.2) is 0 Å². The lowest BCUT2D eigenvalue weighted by molar-refractivity contribution is 0.0532. The average molecular weight is 446 g/mol. The lowest BCUT2D eigenvalue weighted by Crippen LogP contribution is -2.22. The highest BCUT2D eigenvalue weighted by Crippen LogP contribution is 2.29. The van der Waals surface area contributed by atoms with Gasteiger partial charge in [0.25, 0.3) is 5.91 Å². The van der Waals surface area contributed by atoms with E-state index in [4.69, 9.17) is 9.72 Å². The van der Waals surface area contributed by atoms with Gasteiger partial charge in [0, 0.05) is 31.1 Å². The molecule has 0 atom stereocenters. The molecule has 0 aliphatic rings. The molecule has 1 amide bonds. The molecule has 8 nitrogen and oxygen atoms in total.